The van der Waals surface area contributed by atoms with Crippen LogP contribution in [0.2, 0.25) is 0 Å². The molecule has 21 heavy (non-hydrogen) atoms. The third-order valence-corrected chi connectivity index (χ3v) is 4.91. The largest absolute Gasteiger partial charge is 0.347 e. The van der Waals surface area contributed by atoms with Gasteiger partial charge in [-0.2, -0.15) is 5.10 Å². The van der Waals surface area contributed by atoms with Crippen LogP contribution in [0.4, 0.5) is 5.13 Å². The van der Waals surface area contributed by atoms with Crippen LogP contribution in [-0.4, -0.2) is 28.4 Å². The van der Waals surface area contributed by atoms with E-state index in [0.717, 1.165) is 24.8 Å². The number of aromatic nitrogens is 3. The molecule has 1 N–H and O–H groups in total. The lowest BCUT2D eigenvalue weighted by atomic mass is 10.2. The Hall–Kier alpha value is -1.40. The van der Waals surface area contributed by atoms with Crippen LogP contribution < -0.4 is 10.2 Å². The third-order valence-electron chi connectivity index (χ3n) is 3.72. The molecular weight excluding hydrogens is 282 g/mol. The third kappa shape index (κ3) is 3.44. The highest BCUT2D eigenvalue weighted by Gasteiger charge is 2.30. The van der Waals surface area contributed by atoms with E-state index in [2.05, 4.69) is 35.5 Å². The molecule has 0 aliphatic heterocycles. The Bertz CT molecular complexity index is 599. The van der Waals surface area contributed by atoms with Gasteiger partial charge in [-0.3, -0.25) is 4.68 Å². The Morgan fingerprint density at radius 3 is 2.90 bits per heavy atom. The van der Waals surface area contributed by atoms with E-state index in [9.17, 15) is 0 Å². The van der Waals surface area contributed by atoms with Gasteiger partial charge in [-0.15, -0.1) is 11.3 Å². The highest BCUT2D eigenvalue weighted by molar-refractivity contribution is 7.15. The lowest BCUT2D eigenvalue weighted by Gasteiger charge is -2.14. The fourth-order valence-electron chi connectivity index (χ4n) is 2.45. The van der Waals surface area contributed by atoms with Gasteiger partial charge < -0.3 is 10.2 Å². The first-order valence-electron chi connectivity index (χ1n) is 7.56. The number of thiazole rings is 1. The van der Waals surface area contributed by atoms with Crippen molar-refractivity contribution in [1.82, 2.24) is 20.1 Å². The normalized spacial score (nSPS) is 14.6. The highest BCUT2D eigenvalue weighted by Crippen LogP contribution is 2.44. The van der Waals surface area contributed by atoms with Crippen molar-refractivity contribution in [2.24, 2.45) is 7.05 Å². The number of hydrogen-bond donors (Lipinski definition) is 1. The first-order valence-corrected chi connectivity index (χ1v) is 8.38. The molecule has 1 aliphatic carbocycles. The molecule has 6 heteroatoms. The fourth-order valence-corrected chi connectivity index (χ4v) is 3.53. The molecule has 0 spiro atoms. The Morgan fingerprint density at radius 1 is 1.48 bits per heavy atom. The van der Waals surface area contributed by atoms with Gasteiger partial charge in [0, 0.05) is 49.7 Å². The van der Waals surface area contributed by atoms with Gasteiger partial charge in [-0.1, -0.05) is 6.92 Å². The van der Waals surface area contributed by atoms with Crippen LogP contribution in [0.25, 0.3) is 0 Å². The maximum absolute atomic E-state index is 4.91. The number of hydrogen-bond acceptors (Lipinski definition) is 5. The molecule has 0 unspecified atom stereocenters. The van der Waals surface area contributed by atoms with Gasteiger partial charge >= 0.3 is 0 Å². The minimum atomic E-state index is 0.704. The summed E-state index contributed by atoms with van der Waals surface area (Å²) in [5.74, 6) is 0.704. The summed E-state index contributed by atoms with van der Waals surface area (Å²) in [6.07, 6.45) is 6.58. The number of nitrogens with one attached hydrogen (secondary N) is 1. The zero-order chi connectivity index (χ0) is 14.8. The van der Waals surface area contributed by atoms with Gasteiger partial charge in [-0.25, -0.2) is 4.98 Å². The van der Waals surface area contributed by atoms with Crippen molar-refractivity contribution in [2.45, 2.75) is 38.8 Å². The van der Waals surface area contributed by atoms with E-state index in [0.29, 0.717) is 5.92 Å². The van der Waals surface area contributed by atoms with E-state index in [1.54, 1.807) is 0 Å². The molecule has 0 aromatic carbocycles. The number of nitrogens with zero attached hydrogens (tertiary/aromatic N) is 4. The van der Waals surface area contributed by atoms with Crippen LogP contribution in [0.15, 0.2) is 12.4 Å². The van der Waals surface area contributed by atoms with E-state index >= 15 is 0 Å². The summed E-state index contributed by atoms with van der Waals surface area (Å²) in [6.45, 7) is 4.95. The maximum atomic E-state index is 4.91. The average molecular weight is 305 g/mol. The number of anilines is 1. The van der Waals surface area contributed by atoms with Crippen LogP contribution in [0.1, 0.15) is 41.8 Å². The van der Waals surface area contributed by atoms with Crippen molar-refractivity contribution >= 4 is 16.5 Å². The average Bonchev–Trinajstić information content (AvgIpc) is 3.09. The maximum Gasteiger partial charge on any atom is 0.185 e. The molecule has 0 saturated heterocycles. The first-order chi connectivity index (χ1) is 10.2. The van der Waals surface area contributed by atoms with Gasteiger partial charge in [0.05, 0.1) is 11.9 Å². The van der Waals surface area contributed by atoms with Crippen LogP contribution in [0, 0.1) is 0 Å². The Kier molecular flexibility index (Phi) is 4.26. The fraction of sp³-hybridized carbons (Fsp3) is 0.600. The Balaban J connectivity index is 1.74. The van der Waals surface area contributed by atoms with E-state index in [1.165, 1.54) is 29.0 Å². The van der Waals surface area contributed by atoms with Crippen molar-refractivity contribution in [3.8, 4) is 0 Å². The monoisotopic (exact) mass is 305 g/mol. The van der Waals surface area contributed by atoms with E-state index < -0.39 is 0 Å². The summed E-state index contributed by atoms with van der Waals surface area (Å²) in [7, 11) is 4.06. The molecular formula is C15H23N5S. The van der Waals surface area contributed by atoms with E-state index in [-0.39, 0.29) is 0 Å². The summed E-state index contributed by atoms with van der Waals surface area (Å²) >= 11 is 1.83. The molecule has 1 fully saturated rings. The molecule has 1 saturated carbocycles. The highest BCUT2D eigenvalue weighted by atomic mass is 32.1. The van der Waals surface area contributed by atoms with E-state index in [4.69, 9.17) is 4.98 Å². The lowest BCUT2D eigenvalue weighted by Crippen LogP contribution is -2.15. The summed E-state index contributed by atoms with van der Waals surface area (Å²) in [5, 5.41) is 8.78. The standard InChI is InChI=1S/C15H23N5S/c1-4-16-8-13-14(12-5-6-12)18-15(21-13)19(2)9-11-7-17-20(3)10-11/h7,10,12,16H,4-6,8-9H2,1-3H3. The molecule has 1 aliphatic rings. The van der Waals surface area contributed by atoms with Gasteiger partial charge in [0.25, 0.3) is 0 Å². The molecule has 2 aromatic rings. The van der Waals surface area contributed by atoms with Crippen molar-refractivity contribution < 1.29 is 0 Å². The molecule has 114 valence electrons. The molecule has 0 amide bonds. The summed E-state index contributed by atoms with van der Waals surface area (Å²) in [4.78, 5) is 8.54. The molecule has 0 atom stereocenters. The topological polar surface area (TPSA) is 46.0 Å². The van der Waals surface area contributed by atoms with Crippen molar-refractivity contribution in [2.75, 3.05) is 18.5 Å². The first kappa shape index (κ1) is 14.5. The minimum Gasteiger partial charge on any atom is -0.347 e. The molecule has 2 heterocycles. The summed E-state index contributed by atoms with van der Waals surface area (Å²) in [6, 6.07) is 0. The quantitative estimate of drug-likeness (QED) is 0.854. The van der Waals surface area contributed by atoms with Gasteiger partial charge in [0.2, 0.25) is 0 Å². The van der Waals surface area contributed by atoms with Crippen LogP contribution in [0.5, 0.6) is 0 Å². The number of aryl methyl sites for hydroxylation is 1. The smallest absolute Gasteiger partial charge is 0.185 e. The Morgan fingerprint density at radius 2 is 2.29 bits per heavy atom. The van der Waals surface area contributed by atoms with Crippen LogP contribution in [0.3, 0.4) is 0 Å². The van der Waals surface area contributed by atoms with Crippen LogP contribution >= 0.6 is 11.3 Å². The summed E-state index contributed by atoms with van der Waals surface area (Å²) in [5.41, 5.74) is 2.55. The molecule has 0 radical (unpaired) electrons. The SMILES string of the molecule is CCNCc1sc(N(C)Cc2cnn(C)c2)nc1C1CC1. The predicted octanol–water partition coefficient (Wildman–Crippen LogP) is 2.50. The lowest BCUT2D eigenvalue weighted by molar-refractivity contribution is 0.726. The van der Waals surface area contributed by atoms with E-state index in [1.807, 2.05) is 29.3 Å². The summed E-state index contributed by atoms with van der Waals surface area (Å²) < 4.78 is 1.84. The predicted molar refractivity (Wildman–Crippen MR) is 86.8 cm³/mol. The van der Waals surface area contributed by atoms with Crippen molar-refractivity contribution in [3.05, 3.63) is 28.5 Å². The Labute approximate surface area is 130 Å². The second-order valence-electron chi connectivity index (χ2n) is 5.74. The minimum absolute atomic E-state index is 0.704. The van der Waals surface area contributed by atoms with Crippen molar-refractivity contribution in [1.29, 1.82) is 0 Å². The molecule has 5 nitrogen and oxygen atoms in total. The molecule has 3 rings (SSSR count). The second kappa shape index (κ2) is 6.15. The molecule has 0 bridgehead atoms. The van der Waals surface area contributed by atoms with Crippen LogP contribution in [-0.2, 0) is 20.1 Å². The zero-order valence-electron chi connectivity index (χ0n) is 13.0. The number of rotatable bonds is 7. The molecule has 2 aromatic heterocycles. The second-order valence-corrected chi connectivity index (χ2v) is 6.80. The zero-order valence-corrected chi connectivity index (χ0v) is 13.8. The van der Waals surface area contributed by atoms with Crippen molar-refractivity contribution in [3.63, 3.8) is 0 Å². The van der Waals surface area contributed by atoms with Gasteiger partial charge in [0.1, 0.15) is 0 Å². The van der Waals surface area contributed by atoms with Gasteiger partial charge in [-0.05, 0) is 19.4 Å². The van der Waals surface area contributed by atoms with Gasteiger partial charge in [0.15, 0.2) is 5.13 Å².